The van der Waals surface area contributed by atoms with Gasteiger partial charge in [0, 0.05) is 23.4 Å². The Labute approximate surface area is 173 Å². The summed E-state index contributed by atoms with van der Waals surface area (Å²) in [5.41, 5.74) is 10.8. The summed E-state index contributed by atoms with van der Waals surface area (Å²) in [6, 6.07) is 4.29. The number of aryl methyl sites for hydroxylation is 1. The first-order chi connectivity index (χ1) is 14.0. The molecular formula is C20H25N7OS. The van der Waals surface area contributed by atoms with Gasteiger partial charge < -0.3 is 20.4 Å². The highest BCUT2D eigenvalue weighted by Crippen LogP contribution is 2.39. The Bertz CT molecular complexity index is 1160. The number of nitrogens with two attached hydrogens (primary N) is 1. The van der Waals surface area contributed by atoms with Crippen molar-refractivity contribution in [2.45, 2.75) is 36.8 Å². The quantitative estimate of drug-likeness (QED) is 0.427. The molecule has 0 radical (unpaired) electrons. The fraction of sp³-hybridized carbons (Fsp3) is 0.350. The van der Waals surface area contributed by atoms with Crippen molar-refractivity contribution in [2.24, 2.45) is 0 Å². The maximum absolute atomic E-state index is 6.14. The molecule has 0 atom stereocenters. The smallest absolute Gasteiger partial charge is 0.151 e. The summed E-state index contributed by atoms with van der Waals surface area (Å²) in [5, 5.41) is 8.56. The third kappa shape index (κ3) is 3.81. The molecule has 8 nitrogen and oxygen atoms in total. The van der Waals surface area contributed by atoms with Crippen molar-refractivity contribution in [3.05, 3.63) is 35.4 Å². The van der Waals surface area contributed by atoms with E-state index >= 15 is 0 Å². The molecule has 0 aliphatic carbocycles. The van der Waals surface area contributed by atoms with Crippen molar-refractivity contribution in [1.82, 2.24) is 30.0 Å². The van der Waals surface area contributed by atoms with E-state index in [1.54, 1.807) is 11.8 Å². The highest BCUT2D eigenvalue weighted by molar-refractivity contribution is 7.99. The largest absolute Gasteiger partial charge is 0.382 e. The van der Waals surface area contributed by atoms with Gasteiger partial charge in [0.1, 0.15) is 17.9 Å². The second-order valence-corrected chi connectivity index (χ2v) is 8.23. The van der Waals surface area contributed by atoms with Crippen LogP contribution in [0.25, 0.3) is 21.9 Å². The lowest BCUT2D eigenvalue weighted by Gasteiger charge is -2.13. The van der Waals surface area contributed by atoms with Gasteiger partial charge in [-0.05, 0) is 39.6 Å². The van der Waals surface area contributed by atoms with Gasteiger partial charge in [0.05, 0.1) is 27.8 Å². The van der Waals surface area contributed by atoms with Gasteiger partial charge in [-0.15, -0.1) is 0 Å². The number of benzene rings is 1. The van der Waals surface area contributed by atoms with Crippen molar-refractivity contribution in [2.75, 3.05) is 26.4 Å². The maximum atomic E-state index is 6.14. The molecule has 0 aliphatic rings. The molecule has 1 aromatic carbocycles. The van der Waals surface area contributed by atoms with Gasteiger partial charge in [0.2, 0.25) is 0 Å². The molecule has 0 aliphatic heterocycles. The van der Waals surface area contributed by atoms with E-state index in [0.29, 0.717) is 24.5 Å². The number of nitrogen functional groups attached to an aromatic ring is 1. The predicted octanol–water partition coefficient (Wildman–Crippen LogP) is 3.47. The second kappa shape index (κ2) is 8.02. The molecule has 0 saturated carbocycles. The fourth-order valence-corrected chi connectivity index (χ4v) is 4.43. The Morgan fingerprint density at radius 2 is 2.03 bits per heavy atom. The summed E-state index contributed by atoms with van der Waals surface area (Å²) >= 11 is 1.64. The van der Waals surface area contributed by atoms with Crippen LogP contribution in [-0.4, -0.2) is 50.8 Å². The molecule has 29 heavy (non-hydrogen) atoms. The summed E-state index contributed by atoms with van der Waals surface area (Å²) in [6.07, 6.45) is 1.89. The minimum Gasteiger partial charge on any atom is -0.382 e. The minimum absolute atomic E-state index is 0.414. The molecule has 0 bridgehead atoms. The molecule has 152 valence electrons. The SMILES string of the molecule is CCOCc1nc2c(N)nc(C)c(Sc3ccc(CN(C)C)c4cn[nH]c34)c2[nH]1. The number of rotatable bonds is 7. The third-order valence-electron chi connectivity index (χ3n) is 4.65. The zero-order valence-corrected chi connectivity index (χ0v) is 17.9. The minimum atomic E-state index is 0.414. The van der Waals surface area contributed by atoms with Gasteiger partial charge in [0.15, 0.2) is 5.82 Å². The predicted molar refractivity (Wildman–Crippen MR) is 116 cm³/mol. The Morgan fingerprint density at radius 1 is 1.21 bits per heavy atom. The van der Waals surface area contributed by atoms with E-state index in [9.17, 15) is 0 Å². The first kappa shape index (κ1) is 19.7. The average molecular weight is 412 g/mol. The monoisotopic (exact) mass is 411 g/mol. The summed E-state index contributed by atoms with van der Waals surface area (Å²) in [7, 11) is 4.12. The number of anilines is 1. The van der Waals surface area contributed by atoms with E-state index in [4.69, 9.17) is 10.5 Å². The molecule has 0 unspecified atom stereocenters. The molecule has 3 aromatic heterocycles. The van der Waals surface area contributed by atoms with Crippen LogP contribution in [0.4, 0.5) is 5.82 Å². The van der Waals surface area contributed by atoms with Crippen LogP contribution >= 0.6 is 11.8 Å². The Hall–Kier alpha value is -2.62. The molecule has 0 spiro atoms. The molecule has 0 fully saturated rings. The van der Waals surface area contributed by atoms with E-state index in [-0.39, 0.29) is 0 Å². The lowest BCUT2D eigenvalue weighted by atomic mass is 10.1. The molecule has 4 aromatic rings. The van der Waals surface area contributed by atoms with Crippen LogP contribution in [0.2, 0.25) is 0 Å². The van der Waals surface area contributed by atoms with Crippen LogP contribution in [-0.2, 0) is 17.9 Å². The molecule has 3 heterocycles. The molecular weight excluding hydrogens is 386 g/mol. The van der Waals surface area contributed by atoms with Gasteiger partial charge in [-0.25, -0.2) is 9.97 Å². The highest BCUT2D eigenvalue weighted by Gasteiger charge is 2.18. The van der Waals surface area contributed by atoms with E-state index in [0.717, 1.165) is 44.3 Å². The standard InChI is InChI=1S/C20H25N7OS/c1-5-28-10-15-24-17-18(25-15)20(21)23-11(2)19(17)29-14-7-6-12(9-27(3)4)13-8-22-26-16(13)14/h6-8H,5,9-10H2,1-4H3,(H2,21,23)(H,22,26)(H,24,25). The summed E-state index contributed by atoms with van der Waals surface area (Å²) in [4.78, 5) is 16.7. The zero-order chi connectivity index (χ0) is 20.5. The van der Waals surface area contributed by atoms with Crippen LogP contribution in [0.5, 0.6) is 0 Å². The molecule has 4 N–H and O–H groups in total. The first-order valence-corrected chi connectivity index (χ1v) is 10.3. The van der Waals surface area contributed by atoms with Crippen molar-refractivity contribution in [3.8, 4) is 0 Å². The zero-order valence-electron chi connectivity index (χ0n) is 17.0. The van der Waals surface area contributed by atoms with Crippen LogP contribution in [0, 0.1) is 6.92 Å². The van der Waals surface area contributed by atoms with Crippen molar-refractivity contribution in [1.29, 1.82) is 0 Å². The fourth-order valence-electron chi connectivity index (χ4n) is 3.37. The number of ether oxygens (including phenoxy) is 1. The van der Waals surface area contributed by atoms with Gasteiger partial charge >= 0.3 is 0 Å². The van der Waals surface area contributed by atoms with Gasteiger partial charge in [-0.1, -0.05) is 17.8 Å². The van der Waals surface area contributed by atoms with E-state index in [1.165, 1.54) is 5.56 Å². The third-order valence-corrected chi connectivity index (χ3v) is 5.91. The molecule has 0 saturated heterocycles. The number of hydrogen-bond donors (Lipinski definition) is 3. The first-order valence-electron chi connectivity index (χ1n) is 9.47. The lowest BCUT2D eigenvalue weighted by Crippen LogP contribution is -2.10. The number of hydrogen-bond acceptors (Lipinski definition) is 7. The van der Waals surface area contributed by atoms with Crippen molar-refractivity contribution in [3.63, 3.8) is 0 Å². The van der Waals surface area contributed by atoms with E-state index in [1.807, 2.05) is 20.0 Å². The van der Waals surface area contributed by atoms with Crippen LogP contribution < -0.4 is 5.73 Å². The Kier molecular flexibility index (Phi) is 5.44. The van der Waals surface area contributed by atoms with Crippen LogP contribution in [0.3, 0.4) is 0 Å². The van der Waals surface area contributed by atoms with Gasteiger partial charge in [-0.2, -0.15) is 5.10 Å². The summed E-state index contributed by atoms with van der Waals surface area (Å²) in [6.45, 7) is 5.82. The second-order valence-electron chi connectivity index (χ2n) is 7.18. The number of fused-ring (bicyclic) bond motifs is 2. The number of nitrogens with zero attached hydrogens (tertiary/aromatic N) is 4. The normalized spacial score (nSPS) is 11.9. The van der Waals surface area contributed by atoms with Gasteiger partial charge in [0.25, 0.3) is 0 Å². The Morgan fingerprint density at radius 3 is 2.79 bits per heavy atom. The topological polar surface area (TPSA) is 109 Å². The maximum Gasteiger partial charge on any atom is 0.151 e. The van der Waals surface area contributed by atoms with E-state index in [2.05, 4.69) is 56.3 Å². The number of imidazole rings is 1. The number of nitrogens with one attached hydrogen (secondary N) is 2. The van der Waals surface area contributed by atoms with E-state index < -0.39 is 0 Å². The van der Waals surface area contributed by atoms with Crippen molar-refractivity contribution < 1.29 is 4.74 Å². The number of H-pyrrole nitrogens is 2. The average Bonchev–Trinajstić information content (AvgIpc) is 3.32. The number of pyridine rings is 1. The molecule has 4 rings (SSSR count). The summed E-state index contributed by atoms with van der Waals surface area (Å²) in [5.74, 6) is 1.17. The Balaban J connectivity index is 1.78. The molecule has 9 heteroatoms. The summed E-state index contributed by atoms with van der Waals surface area (Å²) < 4.78 is 5.49. The number of aromatic nitrogens is 5. The lowest BCUT2D eigenvalue weighted by molar-refractivity contribution is 0.129. The highest BCUT2D eigenvalue weighted by atomic mass is 32.2. The van der Waals surface area contributed by atoms with Gasteiger partial charge in [-0.3, -0.25) is 5.10 Å². The van der Waals surface area contributed by atoms with Crippen molar-refractivity contribution >= 4 is 39.5 Å². The molecule has 0 amide bonds. The van der Waals surface area contributed by atoms with Crippen LogP contribution in [0.1, 0.15) is 24.0 Å². The number of aromatic amines is 2. The van der Waals surface area contributed by atoms with Crippen LogP contribution in [0.15, 0.2) is 28.1 Å².